The third kappa shape index (κ3) is 5.15. The van der Waals surface area contributed by atoms with E-state index >= 15 is 0 Å². The first-order chi connectivity index (χ1) is 13.3. The molecule has 8 heteroatoms. The highest BCUT2D eigenvalue weighted by atomic mass is 35.5. The average Bonchev–Trinajstić information content (AvgIpc) is 2.71. The molecule has 2 rings (SSSR count). The number of carbonyl (C=O) groups is 2. The number of rotatable bonds is 7. The first-order valence-electron chi connectivity index (χ1n) is 8.45. The Morgan fingerprint density at radius 1 is 1.04 bits per heavy atom. The van der Waals surface area contributed by atoms with E-state index in [1.807, 2.05) is 6.07 Å². The monoisotopic (exact) mass is 406 g/mol. The minimum absolute atomic E-state index is 0.0747. The van der Waals surface area contributed by atoms with Gasteiger partial charge in [-0.15, -0.1) is 0 Å². The zero-order valence-electron chi connectivity index (χ0n) is 16.2. The molecular formula is C20H23ClN2O5. The molecule has 0 heterocycles. The van der Waals surface area contributed by atoms with Crippen LogP contribution in [0.1, 0.15) is 12.5 Å². The average molecular weight is 407 g/mol. The minimum atomic E-state index is -0.853. The normalized spacial score (nSPS) is 12.6. The van der Waals surface area contributed by atoms with Crippen molar-refractivity contribution in [1.82, 2.24) is 5.32 Å². The van der Waals surface area contributed by atoms with Crippen LogP contribution in [0.2, 0.25) is 5.02 Å². The van der Waals surface area contributed by atoms with Crippen LogP contribution in [-0.2, 0) is 19.9 Å². The van der Waals surface area contributed by atoms with Crippen molar-refractivity contribution in [3.8, 4) is 11.5 Å². The first kappa shape index (κ1) is 21.5. The van der Waals surface area contributed by atoms with Crippen molar-refractivity contribution in [2.75, 3.05) is 33.2 Å². The molecule has 0 aliphatic heterocycles. The fourth-order valence-electron chi connectivity index (χ4n) is 2.53. The summed E-state index contributed by atoms with van der Waals surface area (Å²) in [6.07, 6.45) is 0. The van der Waals surface area contributed by atoms with Crippen molar-refractivity contribution < 1.29 is 23.8 Å². The number of halogens is 1. The molecule has 0 saturated carbocycles. The molecule has 0 aromatic heterocycles. The molecule has 1 unspecified atom stereocenters. The number of hydrogen-bond donors (Lipinski definition) is 2. The number of benzene rings is 2. The van der Waals surface area contributed by atoms with E-state index in [0.29, 0.717) is 22.2 Å². The van der Waals surface area contributed by atoms with Gasteiger partial charge < -0.3 is 24.8 Å². The zero-order chi connectivity index (χ0) is 20.7. The number of amides is 2. The Labute approximate surface area is 168 Å². The molecule has 150 valence electrons. The number of carbonyl (C=O) groups excluding carboxylic acids is 2. The Balaban J connectivity index is 2.07. The van der Waals surface area contributed by atoms with Gasteiger partial charge in [-0.1, -0.05) is 23.7 Å². The van der Waals surface area contributed by atoms with Crippen LogP contribution in [0, 0.1) is 0 Å². The highest BCUT2D eigenvalue weighted by Gasteiger charge is 2.28. The van der Waals surface area contributed by atoms with Gasteiger partial charge in [0.2, 0.25) is 0 Å². The fourth-order valence-corrected chi connectivity index (χ4v) is 2.72. The summed E-state index contributed by atoms with van der Waals surface area (Å²) in [4.78, 5) is 24.6. The maximum absolute atomic E-state index is 12.3. The lowest BCUT2D eigenvalue weighted by Gasteiger charge is -2.29. The lowest BCUT2D eigenvalue weighted by molar-refractivity contribution is -0.137. The van der Waals surface area contributed by atoms with Gasteiger partial charge in [0.15, 0.2) is 0 Å². The van der Waals surface area contributed by atoms with Crippen molar-refractivity contribution in [3.63, 3.8) is 0 Å². The number of methoxy groups -OCH3 is 3. The number of ether oxygens (including phenoxy) is 3. The lowest BCUT2D eigenvalue weighted by Crippen LogP contribution is -2.44. The van der Waals surface area contributed by atoms with Gasteiger partial charge >= 0.3 is 11.8 Å². The van der Waals surface area contributed by atoms with Crippen molar-refractivity contribution in [2.24, 2.45) is 0 Å². The summed E-state index contributed by atoms with van der Waals surface area (Å²) < 4.78 is 15.9. The molecule has 28 heavy (non-hydrogen) atoms. The van der Waals surface area contributed by atoms with E-state index in [4.69, 9.17) is 25.8 Å². The van der Waals surface area contributed by atoms with Crippen LogP contribution >= 0.6 is 11.6 Å². The van der Waals surface area contributed by atoms with Crippen LogP contribution in [0.15, 0.2) is 42.5 Å². The Morgan fingerprint density at radius 3 is 2.39 bits per heavy atom. The molecule has 0 fully saturated rings. The summed E-state index contributed by atoms with van der Waals surface area (Å²) in [7, 11) is 4.49. The molecule has 2 aromatic rings. The summed E-state index contributed by atoms with van der Waals surface area (Å²) >= 11 is 6.04. The summed E-state index contributed by atoms with van der Waals surface area (Å²) in [6.45, 7) is 1.87. The van der Waals surface area contributed by atoms with Crippen LogP contribution in [-0.4, -0.2) is 39.7 Å². The van der Waals surface area contributed by atoms with Gasteiger partial charge in [-0.25, -0.2) is 0 Å². The van der Waals surface area contributed by atoms with E-state index in [9.17, 15) is 9.59 Å². The molecule has 0 aliphatic carbocycles. The largest absolute Gasteiger partial charge is 0.497 e. The summed E-state index contributed by atoms with van der Waals surface area (Å²) in [5.41, 5.74) is 0.248. The molecule has 2 amide bonds. The van der Waals surface area contributed by atoms with Gasteiger partial charge in [0.25, 0.3) is 0 Å². The van der Waals surface area contributed by atoms with E-state index < -0.39 is 17.4 Å². The third-order valence-corrected chi connectivity index (χ3v) is 4.57. The smallest absolute Gasteiger partial charge is 0.313 e. The highest BCUT2D eigenvalue weighted by Crippen LogP contribution is 2.29. The van der Waals surface area contributed by atoms with E-state index in [0.717, 1.165) is 5.56 Å². The molecule has 0 radical (unpaired) electrons. The van der Waals surface area contributed by atoms with Gasteiger partial charge in [0, 0.05) is 18.2 Å². The van der Waals surface area contributed by atoms with Crippen LogP contribution in [0.4, 0.5) is 5.69 Å². The second-order valence-corrected chi connectivity index (χ2v) is 6.58. The Hall–Kier alpha value is -2.77. The van der Waals surface area contributed by atoms with Crippen LogP contribution in [0.3, 0.4) is 0 Å². The zero-order valence-corrected chi connectivity index (χ0v) is 16.9. The maximum atomic E-state index is 12.3. The van der Waals surface area contributed by atoms with Crippen molar-refractivity contribution in [2.45, 2.75) is 12.5 Å². The van der Waals surface area contributed by atoms with E-state index in [1.165, 1.54) is 21.3 Å². The predicted octanol–water partition coefficient (Wildman–Crippen LogP) is 2.97. The molecule has 0 aliphatic rings. The molecule has 2 aromatic carbocycles. The first-order valence-corrected chi connectivity index (χ1v) is 8.83. The van der Waals surface area contributed by atoms with Gasteiger partial charge in [-0.05, 0) is 36.8 Å². The standard InChI is InChI=1S/C20H23ClN2O5/c1-20(28-4,13-6-5-7-14(21)10-13)12-22-18(24)19(25)23-16-11-15(26-2)8-9-17(16)27-3/h5-11H,12H2,1-4H3,(H,22,24)(H,23,25). The van der Waals surface area contributed by atoms with Crippen molar-refractivity contribution >= 4 is 29.1 Å². The quantitative estimate of drug-likeness (QED) is 0.690. The van der Waals surface area contributed by atoms with E-state index in [2.05, 4.69) is 10.6 Å². The van der Waals surface area contributed by atoms with Crippen LogP contribution in [0.25, 0.3) is 0 Å². The molecule has 0 saturated heterocycles. The number of anilines is 1. The number of hydrogen-bond acceptors (Lipinski definition) is 5. The lowest BCUT2D eigenvalue weighted by atomic mass is 9.95. The summed E-state index contributed by atoms with van der Waals surface area (Å²) in [5.74, 6) is -0.724. The van der Waals surface area contributed by atoms with E-state index in [1.54, 1.807) is 43.3 Å². The van der Waals surface area contributed by atoms with Gasteiger partial charge in [-0.3, -0.25) is 9.59 Å². The minimum Gasteiger partial charge on any atom is -0.497 e. The van der Waals surface area contributed by atoms with Crippen LogP contribution < -0.4 is 20.1 Å². The van der Waals surface area contributed by atoms with Gasteiger partial charge in [-0.2, -0.15) is 0 Å². The van der Waals surface area contributed by atoms with Crippen molar-refractivity contribution in [1.29, 1.82) is 0 Å². The SMILES string of the molecule is COc1ccc(OC)c(NC(=O)C(=O)NCC(C)(OC)c2cccc(Cl)c2)c1. The third-order valence-electron chi connectivity index (χ3n) is 4.33. The topological polar surface area (TPSA) is 85.9 Å². The molecule has 1 atom stereocenters. The predicted molar refractivity (Wildman–Crippen MR) is 107 cm³/mol. The Kier molecular flexibility index (Phi) is 7.25. The number of nitrogens with one attached hydrogen (secondary N) is 2. The summed E-state index contributed by atoms with van der Waals surface area (Å²) in [6, 6.07) is 12.0. The second-order valence-electron chi connectivity index (χ2n) is 6.15. The molecule has 0 bridgehead atoms. The Morgan fingerprint density at radius 2 is 1.79 bits per heavy atom. The van der Waals surface area contributed by atoms with E-state index in [-0.39, 0.29) is 6.54 Å². The van der Waals surface area contributed by atoms with Gasteiger partial charge in [0.05, 0.1) is 26.5 Å². The summed E-state index contributed by atoms with van der Waals surface area (Å²) in [5, 5.41) is 5.66. The highest BCUT2D eigenvalue weighted by molar-refractivity contribution is 6.39. The fraction of sp³-hybridized carbons (Fsp3) is 0.300. The molecule has 2 N–H and O–H groups in total. The molecular weight excluding hydrogens is 384 g/mol. The second kappa shape index (κ2) is 9.43. The molecule has 0 spiro atoms. The van der Waals surface area contributed by atoms with Crippen LogP contribution in [0.5, 0.6) is 11.5 Å². The maximum Gasteiger partial charge on any atom is 0.313 e. The van der Waals surface area contributed by atoms with Gasteiger partial charge in [0.1, 0.15) is 17.1 Å². The Bertz CT molecular complexity index is 858. The molecule has 7 nitrogen and oxygen atoms in total. The van der Waals surface area contributed by atoms with Crippen molar-refractivity contribution in [3.05, 3.63) is 53.1 Å².